The maximum atomic E-state index is 13.2. The molecule has 2 aromatic carbocycles. The summed E-state index contributed by atoms with van der Waals surface area (Å²) in [5, 5.41) is 4.19. The first-order valence-corrected chi connectivity index (χ1v) is 10.3. The molecule has 0 saturated carbocycles. The minimum Gasteiger partial charge on any atom is -0.326 e. The minimum atomic E-state index is -0.182. The van der Waals surface area contributed by atoms with Crippen molar-refractivity contribution in [1.82, 2.24) is 4.98 Å². The van der Waals surface area contributed by atoms with Crippen molar-refractivity contribution in [2.45, 2.75) is 23.3 Å². The van der Waals surface area contributed by atoms with Gasteiger partial charge in [-0.1, -0.05) is 41.6 Å². The second-order valence-corrected chi connectivity index (χ2v) is 8.11. The van der Waals surface area contributed by atoms with Crippen LogP contribution in [-0.4, -0.2) is 23.3 Å². The topological polar surface area (TPSA) is 62.3 Å². The fourth-order valence-electron chi connectivity index (χ4n) is 3.13. The van der Waals surface area contributed by atoms with E-state index in [9.17, 15) is 9.59 Å². The first kappa shape index (κ1) is 19.5. The van der Waals surface area contributed by atoms with Crippen molar-refractivity contribution in [3.63, 3.8) is 0 Å². The van der Waals surface area contributed by atoms with Gasteiger partial charge in [0.2, 0.25) is 5.91 Å². The van der Waals surface area contributed by atoms with Crippen LogP contribution in [0, 0.1) is 6.92 Å². The van der Waals surface area contributed by atoms with E-state index >= 15 is 0 Å². The molecule has 5 nitrogen and oxygen atoms in total. The van der Waals surface area contributed by atoms with Crippen LogP contribution < -0.4 is 10.2 Å². The lowest BCUT2D eigenvalue weighted by molar-refractivity contribution is -0.116. The fraction of sp³-hybridized carbons (Fsp3) is 0.136. The quantitative estimate of drug-likeness (QED) is 0.627. The molecule has 0 aliphatic carbocycles. The van der Waals surface area contributed by atoms with Gasteiger partial charge in [-0.05, 0) is 48.9 Å². The molecule has 0 fully saturated rings. The Kier molecular flexibility index (Phi) is 5.56. The molecule has 1 N–H and O–H groups in total. The SMILES string of the molecule is Cc1ccc(Cl)cc1NC(=O)CCN1C(=O)c2ccccc2Sc2ncccc21. The van der Waals surface area contributed by atoms with E-state index in [1.807, 2.05) is 37.3 Å². The normalized spacial score (nSPS) is 12.8. The lowest BCUT2D eigenvalue weighted by atomic mass is 10.1. The number of carbonyl (C=O) groups is 2. The second-order valence-electron chi connectivity index (χ2n) is 6.64. The predicted molar refractivity (Wildman–Crippen MR) is 116 cm³/mol. The number of aryl methyl sites for hydroxylation is 1. The summed E-state index contributed by atoms with van der Waals surface area (Å²) in [7, 11) is 0. The fourth-order valence-corrected chi connectivity index (χ4v) is 4.32. The summed E-state index contributed by atoms with van der Waals surface area (Å²) >= 11 is 7.49. The van der Waals surface area contributed by atoms with Crippen molar-refractivity contribution in [2.75, 3.05) is 16.8 Å². The highest BCUT2D eigenvalue weighted by molar-refractivity contribution is 7.99. The largest absolute Gasteiger partial charge is 0.326 e. The van der Waals surface area contributed by atoms with Gasteiger partial charge in [-0.25, -0.2) is 4.98 Å². The zero-order valence-corrected chi connectivity index (χ0v) is 17.3. The monoisotopic (exact) mass is 423 g/mol. The van der Waals surface area contributed by atoms with Crippen molar-refractivity contribution >= 4 is 46.6 Å². The van der Waals surface area contributed by atoms with Crippen LogP contribution in [0.3, 0.4) is 0 Å². The van der Waals surface area contributed by atoms with Gasteiger partial charge in [0.15, 0.2) is 0 Å². The summed E-state index contributed by atoms with van der Waals surface area (Å²) in [5.41, 5.74) is 2.92. The van der Waals surface area contributed by atoms with Crippen molar-refractivity contribution in [1.29, 1.82) is 0 Å². The Bertz CT molecular complexity index is 1100. The average molecular weight is 424 g/mol. The van der Waals surface area contributed by atoms with Gasteiger partial charge in [0.1, 0.15) is 5.03 Å². The number of benzene rings is 2. The highest BCUT2D eigenvalue weighted by atomic mass is 35.5. The summed E-state index contributed by atoms with van der Waals surface area (Å²) in [6.07, 6.45) is 1.86. The molecule has 3 aromatic rings. The van der Waals surface area contributed by atoms with Crippen LogP contribution in [0.25, 0.3) is 0 Å². The molecule has 0 saturated heterocycles. The molecule has 1 aliphatic heterocycles. The van der Waals surface area contributed by atoms with Gasteiger partial charge in [-0.15, -0.1) is 0 Å². The predicted octanol–water partition coefficient (Wildman–Crippen LogP) is 5.18. The number of anilines is 2. The number of halogens is 1. The number of pyridine rings is 1. The molecule has 0 unspecified atom stereocenters. The third kappa shape index (κ3) is 4.13. The molecule has 2 heterocycles. The molecule has 1 aromatic heterocycles. The summed E-state index contributed by atoms with van der Waals surface area (Å²) in [6.45, 7) is 2.15. The number of hydrogen-bond donors (Lipinski definition) is 1. The number of carbonyl (C=O) groups excluding carboxylic acids is 2. The molecule has 0 radical (unpaired) electrons. The Morgan fingerprint density at radius 2 is 2.00 bits per heavy atom. The number of nitrogens with zero attached hydrogens (tertiary/aromatic N) is 2. The summed E-state index contributed by atoms with van der Waals surface area (Å²) < 4.78 is 0. The Labute approximate surface area is 178 Å². The molecule has 29 heavy (non-hydrogen) atoms. The van der Waals surface area contributed by atoms with Gasteiger partial charge in [0.25, 0.3) is 5.91 Å². The highest BCUT2D eigenvalue weighted by Gasteiger charge is 2.28. The molecule has 0 bridgehead atoms. The van der Waals surface area contributed by atoms with Crippen molar-refractivity contribution in [2.24, 2.45) is 0 Å². The number of nitrogens with one attached hydrogen (secondary N) is 1. The number of hydrogen-bond acceptors (Lipinski definition) is 4. The van der Waals surface area contributed by atoms with Crippen LogP contribution in [0.5, 0.6) is 0 Å². The smallest absolute Gasteiger partial charge is 0.259 e. The maximum absolute atomic E-state index is 13.2. The molecular formula is C22H18ClN3O2S. The van der Waals surface area contributed by atoms with Gasteiger partial charge in [0.05, 0.1) is 11.3 Å². The van der Waals surface area contributed by atoms with Gasteiger partial charge < -0.3 is 10.2 Å². The summed E-state index contributed by atoms with van der Waals surface area (Å²) in [4.78, 5) is 32.7. The Hall–Kier alpha value is -2.83. The number of rotatable bonds is 4. The lowest BCUT2D eigenvalue weighted by Crippen LogP contribution is -2.34. The molecule has 0 spiro atoms. The first-order chi connectivity index (χ1) is 14.0. The molecule has 4 rings (SSSR count). The molecule has 7 heteroatoms. The van der Waals surface area contributed by atoms with Crippen molar-refractivity contribution in [3.05, 3.63) is 76.9 Å². The third-order valence-electron chi connectivity index (χ3n) is 4.65. The van der Waals surface area contributed by atoms with E-state index in [4.69, 9.17) is 11.6 Å². The van der Waals surface area contributed by atoms with Crippen LogP contribution in [0.15, 0.2) is 70.7 Å². The zero-order valence-electron chi connectivity index (χ0n) is 15.7. The van der Waals surface area contributed by atoms with Crippen molar-refractivity contribution in [3.8, 4) is 0 Å². The Balaban J connectivity index is 1.56. The van der Waals surface area contributed by atoms with Gasteiger partial charge >= 0.3 is 0 Å². The number of aromatic nitrogens is 1. The van der Waals surface area contributed by atoms with Crippen molar-refractivity contribution < 1.29 is 9.59 Å². The van der Waals surface area contributed by atoms with Crippen LogP contribution in [0.1, 0.15) is 22.3 Å². The second kappa shape index (κ2) is 8.27. The van der Waals surface area contributed by atoms with Crippen LogP contribution in [-0.2, 0) is 4.79 Å². The number of amides is 2. The van der Waals surface area contributed by atoms with Crippen LogP contribution >= 0.6 is 23.4 Å². The number of fused-ring (bicyclic) bond motifs is 2. The first-order valence-electron chi connectivity index (χ1n) is 9.13. The summed E-state index contributed by atoms with van der Waals surface area (Å²) in [5.74, 6) is -0.314. The van der Waals surface area contributed by atoms with E-state index in [0.29, 0.717) is 22.0 Å². The van der Waals surface area contributed by atoms with Crippen LogP contribution in [0.2, 0.25) is 5.02 Å². The Morgan fingerprint density at radius 1 is 1.17 bits per heavy atom. The van der Waals surface area contributed by atoms with E-state index < -0.39 is 0 Å². The Morgan fingerprint density at radius 3 is 2.86 bits per heavy atom. The van der Waals surface area contributed by atoms with E-state index in [0.717, 1.165) is 15.5 Å². The van der Waals surface area contributed by atoms with E-state index in [1.54, 1.807) is 35.4 Å². The average Bonchev–Trinajstić information content (AvgIpc) is 2.83. The lowest BCUT2D eigenvalue weighted by Gasteiger charge is -2.22. The van der Waals surface area contributed by atoms with Crippen LogP contribution in [0.4, 0.5) is 11.4 Å². The van der Waals surface area contributed by atoms with E-state index in [1.165, 1.54) is 11.8 Å². The maximum Gasteiger partial charge on any atom is 0.259 e. The van der Waals surface area contributed by atoms with Gasteiger partial charge in [-0.3, -0.25) is 9.59 Å². The van der Waals surface area contributed by atoms with Gasteiger partial charge in [0, 0.05) is 34.8 Å². The van der Waals surface area contributed by atoms with E-state index in [2.05, 4.69) is 10.3 Å². The molecule has 0 atom stereocenters. The standard InChI is InChI=1S/C22H18ClN3O2S/c1-14-8-9-15(23)13-17(14)25-20(27)10-12-26-18-6-4-11-24-21(18)29-19-7-3-2-5-16(19)22(26)28/h2-9,11,13H,10,12H2,1H3,(H,25,27). The third-order valence-corrected chi connectivity index (χ3v) is 5.97. The van der Waals surface area contributed by atoms with Gasteiger partial charge in [-0.2, -0.15) is 0 Å². The molecule has 146 valence electrons. The van der Waals surface area contributed by atoms with E-state index in [-0.39, 0.29) is 24.8 Å². The molecular weight excluding hydrogens is 406 g/mol. The highest BCUT2D eigenvalue weighted by Crippen LogP contribution is 2.39. The zero-order chi connectivity index (χ0) is 20.4. The molecule has 1 aliphatic rings. The molecule has 2 amide bonds. The minimum absolute atomic E-state index is 0.133. The summed E-state index contributed by atoms with van der Waals surface area (Å²) in [6, 6.07) is 16.5.